The zero-order valence-corrected chi connectivity index (χ0v) is 20.0. The van der Waals surface area contributed by atoms with Crippen molar-refractivity contribution in [3.05, 3.63) is 11.6 Å². The van der Waals surface area contributed by atoms with Gasteiger partial charge in [-0.2, -0.15) is 0 Å². The number of hydrogen-bond donors (Lipinski definition) is 1. The molecule has 1 saturated heterocycles. The molecule has 0 aromatic heterocycles. The fourth-order valence-electron chi connectivity index (χ4n) is 4.07. The summed E-state index contributed by atoms with van der Waals surface area (Å²) in [5, 5.41) is 2.38. The smallest absolute Gasteiger partial charge is 0.249 e. The molecule has 0 aliphatic carbocycles. The molecule has 0 aromatic carbocycles. The number of carbonyl (C=O) groups excluding carboxylic acids is 4. The van der Waals surface area contributed by atoms with Crippen LogP contribution >= 0.6 is 0 Å². The van der Waals surface area contributed by atoms with Gasteiger partial charge in [-0.3, -0.25) is 19.2 Å². The Morgan fingerprint density at radius 1 is 1.16 bits per heavy atom. The summed E-state index contributed by atoms with van der Waals surface area (Å²) in [6, 6.07) is -0.707. The molecule has 0 bridgehead atoms. The first-order valence-corrected chi connectivity index (χ1v) is 11.4. The largest absolute Gasteiger partial charge is 0.350 e. The van der Waals surface area contributed by atoms with Crippen molar-refractivity contribution < 1.29 is 19.2 Å². The second-order valence-corrected chi connectivity index (χ2v) is 8.57. The van der Waals surface area contributed by atoms with Crippen molar-refractivity contribution in [3.8, 4) is 0 Å². The Bertz CT molecular complexity index is 656. The van der Waals surface area contributed by atoms with Gasteiger partial charge in [-0.05, 0) is 38.5 Å². The molecular formula is C23H40N4O4. The van der Waals surface area contributed by atoms with Gasteiger partial charge in [-0.15, -0.1) is 0 Å². The van der Waals surface area contributed by atoms with E-state index in [1.165, 1.54) is 0 Å². The fraction of sp³-hybridized carbons (Fsp3) is 0.739. The lowest BCUT2D eigenvalue weighted by Crippen LogP contribution is -2.48. The summed E-state index contributed by atoms with van der Waals surface area (Å²) in [6.45, 7) is 11.7. The summed E-state index contributed by atoms with van der Waals surface area (Å²) >= 11 is 0. The molecule has 8 heteroatoms. The van der Waals surface area contributed by atoms with E-state index < -0.39 is 6.04 Å². The molecule has 1 aliphatic heterocycles. The molecule has 1 unspecified atom stereocenters. The maximum absolute atomic E-state index is 13.2. The highest BCUT2D eigenvalue weighted by molar-refractivity contribution is 5.97. The van der Waals surface area contributed by atoms with E-state index in [4.69, 9.17) is 0 Å². The van der Waals surface area contributed by atoms with E-state index in [0.29, 0.717) is 38.0 Å². The first-order valence-electron chi connectivity index (χ1n) is 11.4. The summed E-state index contributed by atoms with van der Waals surface area (Å²) in [5.41, 5.74) is 0.527. The number of nitrogens with zero attached hydrogens (tertiary/aromatic N) is 3. The molecule has 31 heavy (non-hydrogen) atoms. The van der Waals surface area contributed by atoms with E-state index in [9.17, 15) is 19.2 Å². The quantitative estimate of drug-likeness (QED) is 0.373. The van der Waals surface area contributed by atoms with Crippen molar-refractivity contribution in [2.75, 3.05) is 33.2 Å². The number of likely N-dealkylation sites (N-methyl/N-ethyl adjacent to an activating group) is 1. The number of hydrogen-bond acceptors (Lipinski definition) is 4. The topological polar surface area (TPSA) is 90.0 Å². The molecule has 1 rings (SSSR count). The molecule has 4 amide bonds. The van der Waals surface area contributed by atoms with Gasteiger partial charge in [-0.1, -0.05) is 33.8 Å². The standard InChI is InChI=1S/C23H40N4O4/c1-7-11-26(12-8-2)23(31)19-10-9-13-27(19)22(30)18(5)14-20(17(3)4)25(6)21(29)15-24-16-28/h14,16-17,19-20H,7-13,15H2,1-6H3,(H,24,28)/b18-14+/t19-,20?/m0/s1. The van der Waals surface area contributed by atoms with Crippen LogP contribution in [0.1, 0.15) is 60.3 Å². The van der Waals surface area contributed by atoms with Crippen LogP contribution in [0, 0.1) is 5.92 Å². The minimum Gasteiger partial charge on any atom is -0.350 e. The van der Waals surface area contributed by atoms with Crippen LogP contribution in [0.25, 0.3) is 0 Å². The summed E-state index contributed by atoms with van der Waals surface area (Å²) < 4.78 is 0. The predicted molar refractivity (Wildman–Crippen MR) is 121 cm³/mol. The lowest BCUT2D eigenvalue weighted by atomic mass is 9.99. The van der Waals surface area contributed by atoms with E-state index in [0.717, 1.165) is 19.3 Å². The number of rotatable bonds is 12. The molecule has 0 aromatic rings. The van der Waals surface area contributed by atoms with E-state index in [-0.39, 0.29) is 36.2 Å². The van der Waals surface area contributed by atoms with Crippen LogP contribution < -0.4 is 5.32 Å². The number of amides is 4. The Morgan fingerprint density at radius 3 is 2.29 bits per heavy atom. The molecule has 1 fully saturated rings. The number of carbonyl (C=O) groups is 4. The Kier molecular flexibility index (Phi) is 11.3. The zero-order chi connectivity index (χ0) is 23.6. The third-order valence-electron chi connectivity index (χ3n) is 5.72. The molecule has 8 nitrogen and oxygen atoms in total. The van der Waals surface area contributed by atoms with E-state index in [1.807, 2.05) is 24.8 Å². The molecule has 176 valence electrons. The minimum atomic E-state index is -0.414. The molecule has 1 N–H and O–H groups in total. The van der Waals surface area contributed by atoms with Crippen molar-refractivity contribution in [2.45, 2.75) is 72.4 Å². The average molecular weight is 437 g/mol. The Hall–Kier alpha value is -2.38. The van der Waals surface area contributed by atoms with Crippen LogP contribution in [0.2, 0.25) is 0 Å². The Morgan fingerprint density at radius 2 is 1.77 bits per heavy atom. The monoisotopic (exact) mass is 436 g/mol. The predicted octanol–water partition coefficient (Wildman–Crippen LogP) is 1.80. The van der Waals surface area contributed by atoms with Gasteiger partial charge in [0.2, 0.25) is 24.1 Å². The van der Waals surface area contributed by atoms with Gasteiger partial charge < -0.3 is 20.0 Å². The van der Waals surface area contributed by atoms with Gasteiger partial charge in [0.1, 0.15) is 6.04 Å². The van der Waals surface area contributed by atoms with Gasteiger partial charge >= 0.3 is 0 Å². The third kappa shape index (κ3) is 7.36. The molecule has 1 heterocycles. The maximum atomic E-state index is 13.2. The number of nitrogens with one attached hydrogen (secondary N) is 1. The Balaban J connectivity index is 3.01. The molecule has 2 atom stereocenters. The first kappa shape index (κ1) is 26.7. The molecule has 0 radical (unpaired) electrons. The molecule has 1 aliphatic rings. The normalized spacial score (nSPS) is 17.5. The average Bonchev–Trinajstić information content (AvgIpc) is 3.23. The van der Waals surface area contributed by atoms with Crippen LogP contribution in [0.15, 0.2) is 11.6 Å². The summed E-state index contributed by atoms with van der Waals surface area (Å²) in [7, 11) is 1.67. The van der Waals surface area contributed by atoms with Gasteiger partial charge in [0.25, 0.3) is 0 Å². The van der Waals surface area contributed by atoms with E-state index >= 15 is 0 Å². The molecular weight excluding hydrogens is 396 g/mol. The van der Waals surface area contributed by atoms with Gasteiger partial charge in [0.05, 0.1) is 12.6 Å². The molecule has 0 spiro atoms. The third-order valence-corrected chi connectivity index (χ3v) is 5.72. The zero-order valence-electron chi connectivity index (χ0n) is 20.0. The SMILES string of the molecule is CCCN(CCC)C(=O)[C@@H]1CCCN1C(=O)/C(C)=C/C(C(C)C)N(C)C(=O)CNC=O. The highest BCUT2D eigenvalue weighted by Crippen LogP contribution is 2.23. The van der Waals surface area contributed by atoms with Crippen LogP contribution in [-0.2, 0) is 19.2 Å². The highest BCUT2D eigenvalue weighted by Gasteiger charge is 2.37. The fourth-order valence-corrected chi connectivity index (χ4v) is 4.07. The minimum absolute atomic E-state index is 0.0370. The summed E-state index contributed by atoms with van der Waals surface area (Å²) in [6.07, 6.45) is 5.57. The van der Waals surface area contributed by atoms with Gasteiger partial charge in [-0.25, -0.2) is 0 Å². The van der Waals surface area contributed by atoms with Crippen molar-refractivity contribution in [1.29, 1.82) is 0 Å². The lowest BCUT2D eigenvalue weighted by Gasteiger charge is -2.32. The van der Waals surface area contributed by atoms with Crippen molar-refractivity contribution in [2.24, 2.45) is 5.92 Å². The highest BCUT2D eigenvalue weighted by atomic mass is 16.2. The van der Waals surface area contributed by atoms with Crippen molar-refractivity contribution in [3.63, 3.8) is 0 Å². The second-order valence-electron chi connectivity index (χ2n) is 8.57. The van der Waals surface area contributed by atoms with Crippen LogP contribution in [-0.4, -0.2) is 84.1 Å². The van der Waals surface area contributed by atoms with Gasteiger partial charge in [0, 0.05) is 32.3 Å². The Labute approximate surface area is 187 Å². The van der Waals surface area contributed by atoms with Crippen molar-refractivity contribution >= 4 is 24.1 Å². The van der Waals surface area contributed by atoms with Crippen LogP contribution in [0.3, 0.4) is 0 Å². The van der Waals surface area contributed by atoms with E-state index in [2.05, 4.69) is 19.2 Å². The van der Waals surface area contributed by atoms with E-state index in [1.54, 1.807) is 23.8 Å². The maximum Gasteiger partial charge on any atom is 0.249 e. The second kappa shape index (κ2) is 13.1. The van der Waals surface area contributed by atoms with Gasteiger partial charge in [0.15, 0.2) is 0 Å². The number of likely N-dealkylation sites (tertiary alicyclic amines) is 1. The first-order chi connectivity index (χ1) is 14.7. The lowest BCUT2D eigenvalue weighted by molar-refractivity contribution is -0.142. The van der Waals surface area contributed by atoms with Crippen LogP contribution in [0.4, 0.5) is 0 Å². The van der Waals surface area contributed by atoms with Crippen LogP contribution in [0.5, 0.6) is 0 Å². The summed E-state index contributed by atoms with van der Waals surface area (Å²) in [4.78, 5) is 54.3. The summed E-state index contributed by atoms with van der Waals surface area (Å²) in [5.74, 6) is -0.267. The van der Waals surface area contributed by atoms with Crippen molar-refractivity contribution in [1.82, 2.24) is 20.0 Å². The molecule has 0 saturated carbocycles.